The van der Waals surface area contributed by atoms with Crippen molar-refractivity contribution in [2.45, 2.75) is 59.5 Å². The molecule has 2 aliphatic rings. The molecule has 1 spiro atoms. The Bertz CT molecular complexity index is 733. The van der Waals surface area contributed by atoms with Gasteiger partial charge in [0.05, 0.1) is 6.10 Å². The van der Waals surface area contributed by atoms with Crippen molar-refractivity contribution < 1.29 is 5.11 Å². The van der Waals surface area contributed by atoms with Gasteiger partial charge in [0, 0.05) is 11.3 Å². The fourth-order valence-electron chi connectivity index (χ4n) is 5.38. The van der Waals surface area contributed by atoms with E-state index >= 15 is 0 Å². The van der Waals surface area contributed by atoms with Gasteiger partial charge in [-0.1, -0.05) is 93.5 Å². The lowest BCUT2D eigenvalue weighted by Gasteiger charge is -2.43. The molecule has 0 saturated heterocycles. The lowest BCUT2D eigenvalue weighted by atomic mass is 9.61. The molecule has 1 nitrogen and oxygen atoms in total. The number of hydrogen-bond acceptors (Lipinski definition) is 1. The molecule has 2 unspecified atom stereocenters. The molecule has 0 heterocycles. The van der Waals surface area contributed by atoms with Gasteiger partial charge in [0.1, 0.15) is 0 Å². The van der Waals surface area contributed by atoms with Gasteiger partial charge in [-0.05, 0) is 42.4 Å². The van der Waals surface area contributed by atoms with E-state index in [-0.39, 0.29) is 11.3 Å². The molecule has 0 radical (unpaired) electrons. The van der Waals surface area contributed by atoms with Crippen LogP contribution in [-0.4, -0.2) is 5.11 Å². The minimum atomic E-state index is -0.505. The Balaban J connectivity index is 2.21. The summed E-state index contributed by atoms with van der Waals surface area (Å²) in [4.78, 5) is 0. The maximum absolute atomic E-state index is 11.4. The molecule has 0 bridgehead atoms. The molecule has 26 heavy (non-hydrogen) atoms. The summed E-state index contributed by atoms with van der Waals surface area (Å²) in [5, 5.41) is 11.4. The van der Waals surface area contributed by atoms with E-state index in [0.29, 0.717) is 0 Å². The molecule has 0 aromatic heterocycles. The number of rotatable bonds is 6. The molecule has 1 N–H and O–H groups in total. The molecule has 138 valence electrons. The zero-order valence-electron chi connectivity index (χ0n) is 16.6. The average Bonchev–Trinajstić information content (AvgIpc) is 2.96. The number of aliphatic hydroxyl groups excluding tert-OH is 1. The Hall–Kier alpha value is -1.86. The molecule has 1 aromatic carbocycles. The highest BCUT2D eigenvalue weighted by Crippen LogP contribution is 2.60. The molecule has 3 rings (SSSR count). The van der Waals surface area contributed by atoms with Crippen molar-refractivity contribution >= 4 is 0 Å². The van der Waals surface area contributed by atoms with Crippen LogP contribution in [-0.2, 0) is 0 Å². The van der Waals surface area contributed by atoms with Gasteiger partial charge in [0.2, 0.25) is 0 Å². The maximum Gasteiger partial charge on any atom is 0.0867 e. The molecule has 0 saturated carbocycles. The van der Waals surface area contributed by atoms with Crippen LogP contribution in [0.3, 0.4) is 0 Å². The minimum absolute atomic E-state index is 0.0467. The van der Waals surface area contributed by atoms with Crippen molar-refractivity contribution in [1.82, 2.24) is 0 Å². The fourth-order valence-corrected chi connectivity index (χ4v) is 5.38. The Morgan fingerprint density at radius 2 is 1.42 bits per heavy atom. The highest BCUT2D eigenvalue weighted by Gasteiger charge is 2.50. The fraction of sp³-hybridized carbons (Fsp3) is 0.440. The summed E-state index contributed by atoms with van der Waals surface area (Å²) in [6, 6.07) is 10.1. The maximum atomic E-state index is 11.4. The first-order chi connectivity index (χ1) is 12.6. The van der Waals surface area contributed by atoms with Crippen LogP contribution >= 0.6 is 0 Å². The first-order valence-electron chi connectivity index (χ1n) is 10.2. The van der Waals surface area contributed by atoms with Crippen LogP contribution < -0.4 is 0 Å². The van der Waals surface area contributed by atoms with E-state index in [4.69, 9.17) is 0 Å². The molecule has 1 aromatic rings. The highest BCUT2D eigenvalue weighted by atomic mass is 16.3. The topological polar surface area (TPSA) is 20.2 Å². The van der Waals surface area contributed by atoms with Gasteiger partial charge in [-0.25, -0.2) is 0 Å². The van der Waals surface area contributed by atoms with Crippen LogP contribution in [0.25, 0.3) is 0 Å². The molecular formula is C25H32O. The van der Waals surface area contributed by atoms with Crippen molar-refractivity contribution in [2.24, 2.45) is 11.3 Å². The SMILES string of the molecule is CCC1=C(CC)C2(C=CC=CC2C(O)c2ccccc2)C(CC)=C1CC. The smallest absolute Gasteiger partial charge is 0.0867 e. The summed E-state index contributed by atoms with van der Waals surface area (Å²) in [6.07, 6.45) is 12.6. The second kappa shape index (κ2) is 7.80. The Kier molecular flexibility index (Phi) is 5.67. The van der Waals surface area contributed by atoms with Crippen LogP contribution in [0.4, 0.5) is 0 Å². The largest absolute Gasteiger partial charge is 0.388 e. The molecule has 2 aliphatic carbocycles. The van der Waals surface area contributed by atoms with E-state index in [1.165, 1.54) is 22.3 Å². The third kappa shape index (κ3) is 2.74. The Labute approximate surface area is 158 Å². The Morgan fingerprint density at radius 3 is 1.92 bits per heavy atom. The van der Waals surface area contributed by atoms with Crippen LogP contribution in [0.15, 0.2) is 76.9 Å². The van der Waals surface area contributed by atoms with Crippen LogP contribution in [0.2, 0.25) is 0 Å². The van der Waals surface area contributed by atoms with Crippen LogP contribution in [0.1, 0.15) is 65.0 Å². The summed E-state index contributed by atoms with van der Waals surface area (Å²) in [7, 11) is 0. The average molecular weight is 349 g/mol. The molecule has 1 heteroatoms. The number of aliphatic hydroxyl groups is 1. The van der Waals surface area contributed by atoms with Gasteiger partial charge < -0.3 is 5.11 Å². The zero-order chi connectivity index (χ0) is 18.7. The molecular weight excluding hydrogens is 316 g/mol. The monoisotopic (exact) mass is 348 g/mol. The highest BCUT2D eigenvalue weighted by molar-refractivity contribution is 5.59. The first kappa shape index (κ1) is 18.9. The van der Waals surface area contributed by atoms with E-state index in [9.17, 15) is 5.11 Å². The lowest BCUT2D eigenvalue weighted by Crippen LogP contribution is -2.35. The van der Waals surface area contributed by atoms with E-state index in [1.807, 2.05) is 30.3 Å². The van der Waals surface area contributed by atoms with Gasteiger partial charge >= 0.3 is 0 Å². The third-order valence-electron chi connectivity index (χ3n) is 6.30. The predicted octanol–water partition coefficient (Wildman–Crippen LogP) is 6.70. The summed E-state index contributed by atoms with van der Waals surface area (Å²) in [5.41, 5.74) is 6.97. The number of benzene rings is 1. The van der Waals surface area contributed by atoms with Gasteiger partial charge in [-0.15, -0.1) is 0 Å². The second-order valence-corrected chi connectivity index (χ2v) is 7.32. The van der Waals surface area contributed by atoms with Gasteiger partial charge in [-0.3, -0.25) is 0 Å². The zero-order valence-corrected chi connectivity index (χ0v) is 16.6. The quantitative estimate of drug-likeness (QED) is 0.607. The lowest BCUT2D eigenvalue weighted by molar-refractivity contribution is 0.0928. The third-order valence-corrected chi connectivity index (χ3v) is 6.30. The first-order valence-corrected chi connectivity index (χ1v) is 10.2. The predicted molar refractivity (Wildman–Crippen MR) is 111 cm³/mol. The number of allylic oxidation sites excluding steroid dienone is 7. The normalized spacial score (nSPS) is 22.6. The van der Waals surface area contributed by atoms with Gasteiger partial charge in [0.15, 0.2) is 0 Å². The van der Waals surface area contributed by atoms with Crippen molar-refractivity contribution in [3.63, 3.8) is 0 Å². The standard InChI is InChI=1S/C25H32O/c1-5-19-20(6-2)22(8-4)25(21(19)7-3)17-13-12-16-23(25)24(26)18-14-10-9-11-15-18/h9-17,23-24,26H,5-8H2,1-4H3. The van der Waals surface area contributed by atoms with E-state index < -0.39 is 6.10 Å². The molecule has 2 atom stereocenters. The van der Waals surface area contributed by atoms with Gasteiger partial charge in [0.25, 0.3) is 0 Å². The van der Waals surface area contributed by atoms with Crippen molar-refractivity contribution in [3.8, 4) is 0 Å². The number of hydrogen-bond donors (Lipinski definition) is 1. The van der Waals surface area contributed by atoms with Crippen molar-refractivity contribution in [3.05, 3.63) is 82.5 Å². The van der Waals surface area contributed by atoms with E-state index in [1.54, 1.807) is 0 Å². The van der Waals surface area contributed by atoms with Gasteiger partial charge in [-0.2, -0.15) is 0 Å². The Morgan fingerprint density at radius 1 is 0.846 bits per heavy atom. The molecule has 0 fully saturated rings. The summed E-state index contributed by atoms with van der Waals surface area (Å²) >= 11 is 0. The van der Waals surface area contributed by atoms with E-state index in [2.05, 4.69) is 52.0 Å². The van der Waals surface area contributed by atoms with Crippen molar-refractivity contribution in [2.75, 3.05) is 0 Å². The van der Waals surface area contributed by atoms with Crippen LogP contribution in [0.5, 0.6) is 0 Å². The summed E-state index contributed by atoms with van der Waals surface area (Å²) < 4.78 is 0. The minimum Gasteiger partial charge on any atom is -0.388 e. The van der Waals surface area contributed by atoms with Crippen LogP contribution in [0, 0.1) is 11.3 Å². The summed E-state index contributed by atoms with van der Waals surface area (Å²) in [6.45, 7) is 9.10. The summed E-state index contributed by atoms with van der Waals surface area (Å²) in [5.74, 6) is 0.0467. The second-order valence-electron chi connectivity index (χ2n) is 7.32. The van der Waals surface area contributed by atoms with Crippen molar-refractivity contribution in [1.29, 1.82) is 0 Å². The molecule has 0 amide bonds. The molecule has 0 aliphatic heterocycles. The van der Waals surface area contributed by atoms with E-state index in [0.717, 1.165) is 31.2 Å².